The molecule has 116 valence electrons. The highest BCUT2D eigenvalue weighted by atomic mass is 16.5. The maximum atomic E-state index is 12.6. The minimum absolute atomic E-state index is 0.0761. The predicted octanol–water partition coefficient (Wildman–Crippen LogP) is 2.37. The van der Waals surface area contributed by atoms with E-state index in [-0.39, 0.29) is 5.91 Å². The van der Waals surface area contributed by atoms with Crippen LogP contribution in [0.1, 0.15) is 36.0 Å². The van der Waals surface area contributed by atoms with Gasteiger partial charge < -0.3 is 14.4 Å². The largest absolute Gasteiger partial charge is 0.481 e. The molecule has 2 heterocycles. The molecular weight excluding hydrogens is 268 g/mol. The molecule has 0 N–H and O–H groups in total. The van der Waals surface area contributed by atoms with Crippen molar-refractivity contribution in [1.29, 1.82) is 0 Å². The Kier molecular flexibility index (Phi) is 5.99. The Labute approximate surface area is 126 Å². The van der Waals surface area contributed by atoms with E-state index in [1.807, 2.05) is 4.90 Å². The second kappa shape index (κ2) is 7.98. The topological polar surface area (TPSA) is 51.7 Å². The number of aromatic nitrogens is 1. The number of nitrogens with zero attached hydrogens (tertiary/aromatic N) is 2. The summed E-state index contributed by atoms with van der Waals surface area (Å²) in [5, 5.41) is 0. The van der Waals surface area contributed by atoms with E-state index in [0.29, 0.717) is 17.4 Å². The lowest BCUT2D eigenvalue weighted by Crippen LogP contribution is -2.40. The van der Waals surface area contributed by atoms with Crippen molar-refractivity contribution in [3.63, 3.8) is 0 Å². The lowest BCUT2D eigenvalue weighted by atomic mass is 9.93. The lowest BCUT2D eigenvalue weighted by Gasteiger charge is -2.33. The van der Waals surface area contributed by atoms with Gasteiger partial charge in [-0.25, -0.2) is 4.98 Å². The fourth-order valence-electron chi connectivity index (χ4n) is 2.84. The third-order valence-corrected chi connectivity index (χ3v) is 3.96. The molecule has 1 aromatic rings. The Bertz CT molecular complexity index is 465. The second-order valence-electron chi connectivity index (χ2n) is 5.48. The minimum atomic E-state index is 0.0761. The number of pyridine rings is 1. The van der Waals surface area contributed by atoms with Crippen molar-refractivity contribution < 1.29 is 14.3 Å². The van der Waals surface area contributed by atoms with Crippen molar-refractivity contribution in [2.75, 3.05) is 33.9 Å². The maximum absolute atomic E-state index is 12.6. The van der Waals surface area contributed by atoms with Gasteiger partial charge in [-0.3, -0.25) is 4.79 Å². The number of ether oxygens (including phenoxy) is 2. The first-order valence-electron chi connectivity index (χ1n) is 7.53. The van der Waals surface area contributed by atoms with E-state index < -0.39 is 0 Å². The number of hydrogen-bond acceptors (Lipinski definition) is 4. The van der Waals surface area contributed by atoms with E-state index in [9.17, 15) is 4.79 Å². The monoisotopic (exact) mass is 292 g/mol. The van der Waals surface area contributed by atoms with Gasteiger partial charge in [-0.05, 0) is 37.7 Å². The second-order valence-corrected chi connectivity index (χ2v) is 5.48. The lowest BCUT2D eigenvalue weighted by molar-refractivity contribution is 0.0660. The molecule has 1 saturated heterocycles. The van der Waals surface area contributed by atoms with Crippen LogP contribution in [0.3, 0.4) is 0 Å². The number of piperidine rings is 1. The molecule has 5 nitrogen and oxygen atoms in total. The quantitative estimate of drug-likeness (QED) is 0.755. The predicted molar refractivity (Wildman–Crippen MR) is 80.5 cm³/mol. The molecule has 1 fully saturated rings. The van der Waals surface area contributed by atoms with Gasteiger partial charge in [0.15, 0.2) is 0 Å². The number of carbonyl (C=O) groups is 1. The van der Waals surface area contributed by atoms with E-state index in [2.05, 4.69) is 4.98 Å². The van der Waals surface area contributed by atoms with Crippen LogP contribution in [-0.4, -0.2) is 49.7 Å². The van der Waals surface area contributed by atoms with Gasteiger partial charge in [0.25, 0.3) is 5.91 Å². The highest BCUT2D eigenvalue weighted by Gasteiger charge is 2.24. The molecule has 2 rings (SSSR count). The van der Waals surface area contributed by atoms with Crippen LogP contribution >= 0.6 is 0 Å². The van der Waals surface area contributed by atoms with Gasteiger partial charge in [-0.15, -0.1) is 0 Å². The summed E-state index contributed by atoms with van der Waals surface area (Å²) >= 11 is 0. The average Bonchev–Trinajstić information content (AvgIpc) is 2.55. The van der Waals surface area contributed by atoms with E-state index in [0.717, 1.165) is 39.0 Å². The van der Waals surface area contributed by atoms with Gasteiger partial charge >= 0.3 is 0 Å². The van der Waals surface area contributed by atoms with Gasteiger partial charge in [-0.1, -0.05) is 0 Å². The summed E-state index contributed by atoms with van der Waals surface area (Å²) in [6.07, 6.45) is 6.08. The first-order valence-corrected chi connectivity index (χ1v) is 7.53. The molecule has 1 aliphatic rings. The number of carbonyl (C=O) groups excluding carboxylic acids is 1. The van der Waals surface area contributed by atoms with E-state index >= 15 is 0 Å². The normalized spacial score (nSPS) is 18.6. The zero-order valence-corrected chi connectivity index (χ0v) is 12.9. The third-order valence-electron chi connectivity index (χ3n) is 3.96. The molecule has 1 atom stereocenters. The fraction of sp³-hybridized carbons (Fsp3) is 0.625. The molecule has 0 unspecified atom stereocenters. The number of amides is 1. The molecule has 0 saturated carbocycles. The van der Waals surface area contributed by atoms with Crippen molar-refractivity contribution in [1.82, 2.24) is 9.88 Å². The standard InChI is InChI=1S/C16H24N2O3/c1-20-10-4-6-13-5-3-9-18(12-13)16(19)14-7-8-17-15(11-14)21-2/h7-8,11,13H,3-6,9-10,12H2,1-2H3/t13-/m0/s1. The Morgan fingerprint density at radius 2 is 2.33 bits per heavy atom. The van der Waals surface area contributed by atoms with Gasteiger partial charge in [0.05, 0.1) is 7.11 Å². The summed E-state index contributed by atoms with van der Waals surface area (Å²) in [4.78, 5) is 18.6. The highest BCUT2D eigenvalue weighted by molar-refractivity contribution is 5.94. The van der Waals surface area contributed by atoms with Crippen LogP contribution in [0.25, 0.3) is 0 Å². The fourth-order valence-corrected chi connectivity index (χ4v) is 2.84. The van der Waals surface area contributed by atoms with E-state index in [1.54, 1.807) is 32.5 Å². The molecule has 1 amide bonds. The van der Waals surface area contributed by atoms with Crippen LogP contribution in [0.2, 0.25) is 0 Å². The summed E-state index contributed by atoms with van der Waals surface area (Å²) in [7, 11) is 3.29. The molecule has 5 heteroatoms. The Morgan fingerprint density at radius 1 is 1.48 bits per heavy atom. The molecule has 1 aliphatic heterocycles. The number of rotatable bonds is 6. The van der Waals surface area contributed by atoms with Crippen LogP contribution in [0.5, 0.6) is 5.88 Å². The van der Waals surface area contributed by atoms with Crippen molar-refractivity contribution in [2.45, 2.75) is 25.7 Å². The van der Waals surface area contributed by atoms with E-state index in [4.69, 9.17) is 9.47 Å². The summed E-state index contributed by atoms with van der Waals surface area (Å²) in [5.74, 6) is 1.14. The summed E-state index contributed by atoms with van der Waals surface area (Å²) < 4.78 is 10.2. The maximum Gasteiger partial charge on any atom is 0.254 e. The Balaban J connectivity index is 1.94. The SMILES string of the molecule is COCCC[C@@H]1CCCN(C(=O)c2ccnc(OC)c2)C1. The van der Waals surface area contributed by atoms with E-state index in [1.165, 1.54) is 6.42 Å². The van der Waals surface area contributed by atoms with Gasteiger partial charge in [0.2, 0.25) is 5.88 Å². The van der Waals surface area contributed by atoms with Crippen molar-refractivity contribution in [3.8, 4) is 5.88 Å². The zero-order valence-electron chi connectivity index (χ0n) is 12.9. The minimum Gasteiger partial charge on any atom is -0.481 e. The number of likely N-dealkylation sites (tertiary alicyclic amines) is 1. The molecule has 0 radical (unpaired) electrons. The third kappa shape index (κ3) is 4.43. The van der Waals surface area contributed by atoms with Crippen molar-refractivity contribution >= 4 is 5.91 Å². The highest BCUT2D eigenvalue weighted by Crippen LogP contribution is 2.23. The molecule has 0 bridgehead atoms. The average molecular weight is 292 g/mol. The number of hydrogen-bond donors (Lipinski definition) is 0. The van der Waals surface area contributed by atoms with Crippen LogP contribution in [0.4, 0.5) is 0 Å². The summed E-state index contributed by atoms with van der Waals surface area (Å²) in [6.45, 7) is 2.48. The molecule has 21 heavy (non-hydrogen) atoms. The Morgan fingerprint density at radius 3 is 3.10 bits per heavy atom. The molecule has 0 aliphatic carbocycles. The first kappa shape index (κ1) is 15.8. The van der Waals surface area contributed by atoms with Crippen LogP contribution in [-0.2, 0) is 4.74 Å². The van der Waals surface area contributed by atoms with Crippen LogP contribution < -0.4 is 4.74 Å². The van der Waals surface area contributed by atoms with Crippen molar-refractivity contribution in [2.24, 2.45) is 5.92 Å². The van der Waals surface area contributed by atoms with Gasteiger partial charge in [0.1, 0.15) is 0 Å². The molecule has 0 spiro atoms. The Hall–Kier alpha value is -1.62. The van der Waals surface area contributed by atoms with Gasteiger partial charge in [-0.2, -0.15) is 0 Å². The molecule has 0 aromatic carbocycles. The van der Waals surface area contributed by atoms with Gasteiger partial charge in [0, 0.05) is 44.6 Å². The smallest absolute Gasteiger partial charge is 0.254 e. The summed E-state index contributed by atoms with van der Waals surface area (Å²) in [6, 6.07) is 3.45. The first-order chi connectivity index (χ1) is 10.2. The molecular formula is C16H24N2O3. The molecule has 1 aromatic heterocycles. The zero-order chi connectivity index (χ0) is 15.1. The summed E-state index contributed by atoms with van der Waals surface area (Å²) in [5.41, 5.74) is 0.652. The number of methoxy groups -OCH3 is 2. The van der Waals surface area contributed by atoms with Crippen LogP contribution in [0, 0.1) is 5.92 Å². The van der Waals surface area contributed by atoms with Crippen molar-refractivity contribution in [3.05, 3.63) is 23.9 Å². The van der Waals surface area contributed by atoms with Crippen LogP contribution in [0.15, 0.2) is 18.3 Å².